The number of nitrogens with zero attached hydrogens (tertiary/aromatic N) is 1. The SMILES string of the molecule is CCCC1NC(=O)CN(C(C)C2CC3CCC2C3)C1=O. The Bertz CT molecular complexity index is 409. The number of carbonyl (C=O) groups is 2. The van der Waals surface area contributed by atoms with Crippen molar-refractivity contribution in [3.8, 4) is 0 Å². The lowest BCUT2D eigenvalue weighted by molar-refractivity contribution is -0.148. The van der Waals surface area contributed by atoms with E-state index in [0.717, 1.165) is 24.7 Å². The molecule has 2 amide bonds. The van der Waals surface area contributed by atoms with Crippen LogP contribution in [0, 0.1) is 17.8 Å². The summed E-state index contributed by atoms with van der Waals surface area (Å²) in [6, 6.07) is -0.0644. The Morgan fingerprint density at radius 1 is 1.30 bits per heavy atom. The molecule has 1 saturated heterocycles. The van der Waals surface area contributed by atoms with Gasteiger partial charge in [0.05, 0.1) is 6.54 Å². The number of nitrogens with one attached hydrogen (secondary N) is 1. The van der Waals surface area contributed by atoms with Crippen molar-refractivity contribution in [1.29, 1.82) is 0 Å². The minimum Gasteiger partial charge on any atom is -0.343 e. The number of hydrogen-bond donors (Lipinski definition) is 1. The largest absolute Gasteiger partial charge is 0.343 e. The average Bonchev–Trinajstić information content (AvgIpc) is 3.04. The predicted molar refractivity (Wildman–Crippen MR) is 77.0 cm³/mol. The normalized spacial score (nSPS) is 38.2. The predicted octanol–water partition coefficient (Wildman–Crippen LogP) is 1.94. The molecule has 0 spiro atoms. The van der Waals surface area contributed by atoms with Crippen LogP contribution in [-0.2, 0) is 9.59 Å². The van der Waals surface area contributed by atoms with E-state index in [1.165, 1.54) is 25.7 Å². The molecule has 5 atom stereocenters. The smallest absolute Gasteiger partial charge is 0.245 e. The van der Waals surface area contributed by atoms with Gasteiger partial charge in [-0.05, 0) is 50.4 Å². The molecule has 5 unspecified atom stereocenters. The second-order valence-electron chi connectivity index (χ2n) is 6.95. The van der Waals surface area contributed by atoms with Gasteiger partial charge < -0.3 is 10.2 Å². The lowest BCUT2D eigenvalue weighted by Crippen LogP contribution is -2.61. The van der Waals surface area contributed by atoms with Crippen molar-refractivity contribution >= 4 is 11.8 Å². The van der Waals surface area contributed by atoms with Crippen LogP contribution in [0.25, 0.3) is 0 Å². The van der Waals surface area contributed by atoms with Crippen LogP contribution in [0.2, 0.25) is 0 Å². The molecule has 2 bridgehead atoms. The third-order valence-electron chi connectivity index (χ3n) is 5.71. The van der Waals surface area contributed by atoms with E-state index >= 15 is 0 Å². The van der Waals surface area contributed by atoms with Gasteiger partial charge in [0.1, 0.15) is 6.04 Å². The summed E-state index contributed by atoms with van der Waals surface area (Å²) in [5.74, 6) is 2.44. The number of carbonyl (C=O) groups excluding carboxylic acids is 2. The lowest BCUT2D eigenvalue weighted by atomic mass is 9.83. The van der Waals surface area contributed by atoms with Gasteiger partial charge in [-0.25, -0.2) is 0 Å². The van der Waals surface area contributed by atoms with Crippen LogP contribution in [0.1, 0.15) is 52.4 Å². The Morgan fingerprint density at radius 2 is 2.10 bits per heavy atom. The van der Waals surface area contributed by atoms with Crippen LogP contribution >= 0.6 is 0 Å². The summed E-state index contributed by atoms with van der Waals surface area (Å²) in [6.45, 7) is 4.47. The molecule has 2 saturated carbocycles. The third kappa shape index (κ3) is 2.33. The van der Waals surface area contributed by atoms with Crippen LogP contribution in [0.3, 0.4) is 0 Å². The molecule has 0 aromatic heterocycles. The zero-order valence-electron chi connectivity index (χ0n) is 12.6. The van der Waals surface area contributed by atoms with E-state index in [4.69, 9.17) is 0 Å². The quantitative estimate of drug-likeness (QED) is 0.854. The van der Waals surface area contributed by atoms with Gasteiger partial charge in [0.25, 0.3) is 0 Å². The maximum atomic E-state index is 12.6. The maximum absolute atomic E-state index is 12.6. The Balaban J connectivity index is 1.71. The van der Waals surface area contributed by atoms with Gasteiger partial charge in [-0.1, -0.05) is 19.8 Å². The van der Waals surface area contributed by atoms with Crippen LogP contribution in [0.4, 0.5) is 0 Å². The summed E-state index contributed by atoms with van der Waals surface area (Å²) in [7, 11) is 0. The standard InChI is InChI=1S/C16H26N2O2/c1-3-4-14-16(20)18(9-15(19)17-14)10(2)13-8-11-5-6-12(13)7-11/h10-14H,3-9H2,1-2H3,(H,17,19). The molecule has 3 rings (SSSR count). The molecule has 0 aromatic rings. The lowest BCUT2D eigenvalue weighted by Gasteiger charge is -2.41. The van der Waals surface area contributed by atoms with E-state index in [1.54, 1.807) is 0 Å². The summed E-state index contributed by atoms with van der Waals surface area (Å²) < 4.78 is 0. The van der Waals surface area contributed by atoms with E-state index in [1.807, 2.05) is 4.90 Å². The second kappa shape index (κ2) is 5.38. The first-order valence-corrected chi connectivity index (χ1v) is 8.20. The van der Waals surface area contributed by atoms with E-state index < -0.39 is 0 Å². The maximum Gasteiger partial charge on any atom is 0.245 e. The molecule has 0 radical (unpaired) electrons. The van der Waals surface area contributed by atoms with Crippen molar-refractivity contribution in [3.05, 3.63) is 0 Å². The first kappa shape index (κ1) is 13.9. The summed E-state index contributed by atoms with van der Waals surface area (Å²) in [5, 5.41) is 2.85. The van der Waals surface area contributed by atoms with Crippen molar-refractivity contribution < 1.29 is 9.59 Å². The van der Waals surface area contributed by atoms with Gasteiger partial charge in [-0.15, -0.1) is 0 Å². The highest BCUT2D eigenvalue weighted by Gasteiger charge is 2.45. The molecule has 4 heteroatoms. The van der Waals surface area contributed by atoms with Crippen molar-refractivity contribution in [2.24, 2.45) is 17.8 Å². The van der Waals surface area contributed by atoms with Crippen LogP contribution in [0.15, 0.2) is 0 Å². The van der Waals surface area contributed by atoms with Gasteiger partial charge in [-0.2, -0.15) is 0 Å². The molecule has 3 aliphatic rings. The molecule has 4 nitrogen and oxygen atoms in total. The number of amides is 2. The molecule has 3 fully saturated rings. The third-order valence-corrected chi connectivity index (χ3v) is 5.71. The molecular weight excluding hydrogens is 252 g/mol. The minimum atomic E-state index is -0.290. The summed E-state index contributed by atoms with van der Waals surface area (Å²) in [5.41, 5.74) is 0. The van der Waals surface area contributed by atoms with Crippen molar-refractivity contribution in [2.45, 2.75) is 64.5 Å². The first-order chi connectivity index (χ1) is 9.60. The minimum absolute atomic E-state index is 0.0121. The summed E-state index contributed by atoms with van der Waals surface area (Å²) in [6.07, 6.45) is 6.99. The van der Waals surface area contributed by atoms with Crippen molar-refractivity contribution in [1.82, 2.24) is 10.2 Å². The highest BCUT2D eigenvalue weighted by atomic mass is 16.2. The van der Waals surface area contributed by atoms with Gasteiger partial charge in [0, 0.05) is 6.04 Å². The van der Waals surface area contributed by atoms with Crippen LogP contribution in [-0.4, -0.2) is 35.3 Å². The van der Waals surface area contributed by atoms with Gasteiger partial charge in [0.15, 0.2) is 0 Å². The molecule has 1 N–H and O–H groups in total. The number of hydrogen-bond acceptors (Lipinski definition) is 2. The van der Waals surface area contributed by atoms with Crippen molar-refractivity contribution in [2.75, 3.05) is 6.54 Å². The number of rotatable bonds is 4. The Kier molecular flexibility index (Phi) is 3.74. The van der Waals surface area contributed by atoms with E-state index in [0.29, 0.717) is 5.92 Å². The number of piperazine rings is 1. The number of fused-ring (bicyclic) bond motifs is 2. The fraction of sp³-hybridized carbons (Fsp3) is 0.875. The monoisotopic (exact) mass is 278 g/mol. The molecule has 1 heterocycles. The van der Waals surface area contributed by atoms with Crippen molar-refractivity contribution in [3.63, 3.8) is 0 Å². The highest BCUT2D eigenvalue weighted by Crippen LogP contribution is 2.50. The van der Waals surface area contributed by atoms with Crippen LogP contribution < -0.4 is 5.32 Å². The van der Waals surface area contributed by atoms with Gasteiger partial charge in [0.2, 0.25) is 11.8 Å². The highest BCUT2D eigenvalue weighted by molar-refractivity contribution is 5.95. The Hall–Kier alpha value is -1.06. The fourth-order valence-corrected chi connectivity index (χ4v) is 4.68. The van der Waals surface area contributed by atoms with E-state index in [-0.39, 0.29) is 30.4 Å². The molecule has 0 aromatic carbocycles. The average molecular weight is 278 g/mol. The van der Waals surface area contributed by atoms with E-state index in [9.17, 15) is 9.59 Å². The zero-order chi connectivity index (χ0) is 14.3. The molecule has 112 valence electrons. The molecular formula is C16H26N2O2. The summed E-state index contributed by atoms with van der Waals surface area (Å²) in [4.78, 5) is 26.3. The van der Waals surface area contributed by atoms with E-state index in [2.05, 4.69) is 19.2 Å². The molecule has 20 heavy (non-hydrogen) atoms. The zero-order valence-corrected chi connectivity index (χ0v) is 12.6. The Morgan fingerprint density at radius 3 is 2.70 bits per heavy atom. The molecule has 1 aliphatic heterocycles. The fourth-order valence-electron chi connectivity index (χ4n) is 4.68. The summed E-state index contributed by atoms with van der Waals surface area (Å²) >= 11 is 0. The molecule has 2 aliphatic carbocycles. The topological polar surface area (TPSA) is 49.4 Å². The van der Waals surface area contributed by atoms with Gasteiger partial charge in [-0.3, -0.25) is 9.59 Å². The van der Waals surface area contributed by atoms with Gasteiger partial charge >= 0.3 is 0 Å². The Labute approximate surface area is 121 Å². The first-order valence-electron chi connectivity index (χ1n) is 8.20. The van der Waals surface area contributed by atoms with Crippen LogP contribution in [0.5, 0.6) is 0 Å². The second-order valence-corrected chi connectivity index (χ2v) is 6.95.